The third-order valence-electron chi connectivity index (χ3n) is 3.18. The minimum atomic E-state index is -0.0987. The molecule has 2 aliphatic heterocycles. The molecule has 2 heterocycles. The first-order valence-corrected chi connectivity index (χ1v) is 5.30. The largest absolute Gasteiger partial charge is 0.379 e. The van der Waals surface area contributed by atoms with Gasteiger partial charge in [0.25, 0.3) is 0 Å². The molecule has 4 heteroatoms. The summed E-state index contributed by atoms with van der Waals surface area (Å²) >= 11 is 0. The third-order valence-corrected chi connectivity index (χ3v) is 3.18. The molecular weight excluding hydrogens is 180 g/mol. The van der Waals surface area contributed by atoms with Crippen LogP contribution in [0.2, 0.25) is 0 Å². The molecule has 3 atom stereocenters. The number of ether oxygens (including phenoxy) is 1. The highest BCUT2D eigenvalue weighted by atomic mass is 16.5. The minimum Gasteiger partial charge on any atom is -0.379 e. The Morgan fingerprint density at radius 2 is 2.29 bits per heavy atom. The van der Waals surface area contributed by atoms with E-state index in [0.717, 1.165) is 19.5 Å². The highest BCUT2D eigenvalue weighted by molar-refractivity contribution is 5.80. The molecule has 2 rings (SSSR count). The maximum Gasteiger partial charge on any atom is 0.229 e. The van der Waals surface area contributed by atoms with Gasteiger partial charge in [-0.3, -0.25) is 4.79 Å². The Morgan fingerprint density at radius 1 is 1.50 bits per heavy atom. The smallest absolute Gasteiger partial charge is 0.229 e. The summed E-state index contributed by atoms with van der Waals surface area (Å²) in [4.78, 5) is 13.9. The summed E-state index contributed by atoms with van der Waals surface area (Å²) in [6, 6.07) is -0.0987. The van der Waals surface area contributed by atoms with Crippen molar-refractivity contribution in [3.8, 4) is 0 Å². The van der Waals surface area contributed by atoms with Crippen molar-refractivity contribution in [2.24, 2.45) is 17.6 Å². The average Bonchev–Trinajstić information content (AvgIpc) is 2.73. The van der Waals surface area contributed by atoms with Gasteiger partial charge in [-0.25, -0.2) is 0 Å². The Labute approximate surface area is 84.4 Å². The minimum absolute atomic E-state index is 0.0969. The molecule has 2 aliphatic rings. The highest BCUT2D eigenvalue weighted by Crippen LogP contribution is 2.21. The van der Waals surface area contributed by atoms with Crippen LogP contribution < -0.4 is 5.73 Å². The van der Waals surface area contributed by atoms with Gasteiger partial charge in [-0.15, -0.1) is 0 Å². The van der Waals surface area contributed by atoms with Gasteiger partial charge in [0.2, 0.25) is 5.91 Å². The summed E-state index contributed by atoms with van der Waals surface area (Å²) < 4.78 is 5.20. The van der Waals surface area contributed by atoms with Crippen LogP contribution in [0.1, 0.15) is 13.3 Å². The molecule has 0 radical (unpaired) electrons. The van der Waals surface area contributed by atoms with Crippen molar-refractivity contribution >= 4 is 5.91 Å². The van der Waals surface area contributed by atoms with Crippen LogP contribution in [0.15, 0.2) is 0 Å². The number of carbonyl (C=O) groups is 1. The first kappa shape index (κ1) is 9.93. The second kappa shape index (κ2) is 3.87. The summed E-state index contributed by atoms with van der Waals surface area (Å²) in [6.45, 7) is 4.99. The van der Waals surface area contributed by atoms with E-state index < -0.39 is 0 Å². The Morgan fingerprint density at radius 3 is 2.79 bits per heavy atom. The Kier molecular flexibility index (Phi) is 2.74. The molecule has 0 bridgehead atoms. The zero-order valence-electron chi connectivity index (χ0n) is 8.61. The van der Waals surface area contributed by atoms with Gasteiger partial charge >= 0.3 is 0 Å². The molecule has 3 unspecified atom stereocenters. The zero-order valence-corrected chi connectivity index (χ0v) is 8.61. The van der Waals surface area contributed by atoms with Crippen molar-refractivity contribution < 1.29 is 9.53 Å². The van der Waals surface area contributed by atoms with E-state index in [2.05, 4.69) is 6.92 Å². The molecule has 2 fully saturated rings. The predicted octanol–water partition coefficient (Wildman–Crippen LogP) is -0.171. The van der Waals surface area contributed by atoms with Gasteiger partial charge < -0.3 is 15.4 Å². The molecule has 1 amide bonds. The Bertz CT molecular complexity index is 232. The van der Waals surface area contributed by atoms with Crippen LogP contribution in [-0.2, 0) is 9.53 Å². The summed E-state index contributed by atoms with van der Waals surface area (Å²) in [6.07, 6.45) is 1.12. The maximum atomic E-state index is 12.0. The van der Waals surface area contributed by atoms with E-state index in [1.165, 1.54) is 0 Å². The number of nitrogens with zero attached hydrogens (tertiary/aromatic N) is 1. The van der Waals surface area contributed by atoms with Crippen molar-refractivity contribution in [1.29, 1.82) is 0 Å². The molecule has 0 aromatic rings. The molecule has 2 saturated heterocycles. The first-order chi connectivity index (χ1) is 6.68. The van der Waals surface area contributed by atoms with Gasteiger partial charge in [-0.2, -0.15) is 0 Å². The van der Waals surface area contributed by atoms with E-state index in [1.807, 2.05) is 4.90 Å². The predicted molar refractivity (Wildman–Crippen MR) is 52.6 cm³/mol. The van der Waals surface area contributed by atoms with E-state index in [9.17, 15) is 4.79 Å². The summed E-state index contributed by atoms with van der Waals surface area (Å²) in [5.41, 5.74) is 5.81. The molecule has 0 aromatic heterocycles. The van der Waals surface area contributed by atoms with E-state index in [0.29, 0.717) is 19.1 Å². The number of hydrogen-bond acceptors (Lipinski definition) is 3. The number of amides is 1. The van der Waals surface area contributed by atoms with Crippen molar-refractivity contribution in [2.75, 3.05) is 26.3 Å². The normalized spacial score (nSPS) is 37.9. The maximum absolute atomic E-state index is 12.0. The first-order valence-electron chi connectivity index (χ1n) is 5.30. The molecule has 0 aliphatic carbocycles. The quantitative estimate of drug-likeness (QED) is 0.636. The lowest BCUT2D eigenvalue weighted by Crippen LogP contribution is -2.42. The van der Waals surface area contributed by atoms with E-state index >= 15 is 0 Å². The van der Waals surface area contributed by atoms with Crippen LogP contribution >= 0.6 is 0 Å². The lowest BCUT2D eigenvalue weighted by molar-refractivity contribution is -0.134. The molecule has 14 heavy (non-hydrogen) atoms. The topological polar surface area (TPSA) is 55.6 Å². The lowest BCUT2D eigenvalue weighted by atomic mass is 10.0. The van der Waals surface area contributed by atoms with Crippen LogP contribution in [-0.4, -0.2) is 43.2 Å². The van der Waals surface area contributed by atoms with Crippen molar-refractivity contribution in [1.82, 2.24) is 4.90 Å². The Hall–Kier alpha value is -0.610. The second-order valence-electron chi connectivity index (χ2n) is 4.49. The lowest BCUT2D eigenvalue weighted by Gasteiger charge is -2.21. The van der Waals surface area contributed by atoms with Gasteiger partial charge in [-0.05, 0) is 12.3 Å². The monoisotopic (exact) mass is 198 g/mol. The average molecular weight is 198 g/mol. The van der Waals surface area contributed by atoms with E-state index in [4.69, 9.17) is 10.5 Å². The fourth-order valence-corrected chi connectivity index (χ4v) is 2.19. The zero-order chi connectivity index (χ0) is 10.1. The molecule has 80 valence electrons. The molecular formula is C10H18N2O2. The van der Waals surface area contributed by atoms with Gasteiger partial charge in [0.1, 0.15) is 0 Å². The number of nitrogens with two attached hydrogens (primary N) is 1. The summed E-state index contributed by atoms with van der Waals surface area (Å²) in [7, 11) is 0. The van der Waals surface area contributed by atoms with E-state index in [-0.39, 0.29) is 17.9 Å². The van der Waals surface area contributed by atoms with Gasteiger partial charge in [0, 0.05) is 19.1 Å². The fraction of sp³-hybridized carbons (Fsp3) is 0.900. The van der Waals surface area contributed by atoms with Crippen molar-refractivity contribution in [3.05, 3.63) is 0 Å². The third kappa shape index (κ3) is 1.77. The molecule has 0 spiro atoms. The van der Waals surface area contributed by atoms with E-state index in [1.54, 1.807) is 0 Å². The van der Waals surface area contributed by atoms with Crippen LogP contribution in [0.5, 0.6) is 0 Å². The van der Waals surface area contributed by atoms with Crippen LogP contribution in [0.4, 0.5) is 0 Å². The Balaban J connectivity index is 1.94. The summed E-state index contributed by atoms with van der Waals surface area (Å²) in [5.74, 6) is 0.733. The number of rotatable bonds is 1. The highest BCUT2D eigenvalue weighted by Gasteiger charge is 2.36. The van der Waals surface area contributed by atoms with Crippen LogP contribution in [0.3, 0.4) is 0 Å². The molecule has 2 N–H and O–H groups in total. The number of hydrogen-bond donors (Lipinski definition) is 1. The van der Waals surface area contributed by atoms with Crippen LogP contribution in [0.25, 0.3) is 0 Å². The molecule has 4 nitrogen and oxygen atoms in total. The van der Waals surface area contributed by atoms with Gasteiger partial charge in [0.15, 0.2) is 0 Å². The van der Waals surface area contributed by atoms with Gasteiger partial charge in [0.05, 0.1) is 19.1 Å². The molecule has 0 saturated carbocycles. The fourth-order valence-electron chi connectivity index (χ4n) is 2.19. The standard InChI is InChI=1S/C10H18N2O2/c1-7-2-3-12(4-7)10(13)8-5-14-6-9(8)11/h7-9H,2-6,11H2,1H3. The van der Waals surface area contributed by atoms with Gasteiger partial charge in [-0.1, -0.05) is 6.92 Å². The summed E-state index contributed by atoms with van der Waals surface area (Å²) in [5, 5.41) is 0. The SMILES string of the molecule is CC1CCN(C(=O)C2COCC2N)C1. The van der Waals surface area contributed by atoms with Crippen molar-refractivity contribution in [2.45, 2.75) is 19.4 Å². The van der Waals surface area contributed by atoms with Crippen LogP contribution in [0, 0.1) is 11.8 Å². The van der Waals surface area contributed by atoms with Crippen molar-refractivity contribution in [3.63, 3.8) is 0 Å². The number of carbonyl (C=O) groups excluding carboxylic acids is 1. The molecule has 0 aromatic carbocycles. The second-order valence-corrected chi connectivity index (χ2v) is 4.49. The number of likely N-dealkylation sites (tertiary alicyclic amines) is 1.